The van der Waals surface area contributed by atoms with E-state index in [1.807, 2.05) is 6.92 Å². The highest BCUT2D eigenvalue weighted by Gasteiger charge is 2.30. The average Bonchev–Trinajstić information content (AvgIpc) is 2.56. The Morgan fingerprint density at radius 2 is 2.00 bits per heavy atom. The van der Waals surface area contributed by atoms with Gasteiger partial charge in [0.2, 0.25) is 0 Å². The summed E-state index contributed by atoms with van der Waals surface area (Å²) in [5.41, 5.74) is -0.789. The highest BCUT2D eigenvalue weighted by molar-refractivity contribution is 7.79. The number of unbranched alkanes of at least 4 members (excludes halogenated alkanes) is 3. The molecule has 0 unspecified atom stereocenters. The van der Waals surface area contributed by atoms with E-state index < -0.39 is 11.7 Å². The molecule has 0 amide bonds. The normalized spacial score (nSPS) is 13.8. The fourth-order valence-corrected chi connectivity index (χ4v) is 2.55. The zero-order valence-electron chi connectivity index (χ0n) is 14.6. The van der Waals surface area contributed by atoms with Gasteiger partial charge in [-0.2, -0.15) is 13.2 Å². The molecule has 140 valence electrons. The van der Waals surface area contributed by atoms with E-state index in [9.17, 15) is 13.2 Å². The van der Waals surface area contributed by atoms with Gasteiger partial charge in [-0.25, -0.2) is 0 Å². The lowest BCUT2D eigenvalue weighted by molar-refractivity contribution is -0.137. The molecule has 2 atom stereocenters. The van der Waals surface area contributed by atoms with Crippen molar-refractivity contribution in [2.45, 2.75) is 58.2 Å². The van der Waals surface area contributed by atoms with Crippen molar-refractivity contribution in [2.75, 3.05) is 0 Å². The Morgan fingerprint density at radius 3 is 2.60 bits per heavy atom. The van der Waals surface area contributed by atoms with Gasteiger partial charge in [0, 0.05) is 18.1 Å². The Labute approximate surface area is 153 Å². The third-order valence-electron chi connectivity index (χ3n) is 3.91. The fraction of sp³-hybridized carbons (Fsp3) is 0.526. The van der Waals surface area contributed by atoms with Gasteiger partial charge in [-0.1, -0.05) is 45.3 Å². The second-order valence-corrected chi connectivity index (χ2v) is 6.31. The molecule has 0 N–H and O–H groups in total. The molecular formula is C19H25F3O2S. The highest BCUT2D eigenvalue weighted by atomic mass is 32.1. The van der Waals surface area contributed by atoms with Crippen LogP contribution in [0.5, 0.6) is 5.75 Å². The van der Waals surface area contributed by atoms with Crippen molar-refractivity contribution < 1.29 is 22.6 Å². The number of ether oxygens (including phenoxy) is 2. The first-order valence-electron chi connectivity index (χ1n) is 8.46. The maximum Gasteiger partial charge on any atom is 0.416 e. The lowest BCUT2D eigenvalue weighted by atomic mass is 9.99. The summed E-state index contributed by atoms with van der Waals surface area (Å²) >= 11 is 5.06. The smallest absolute Gasteiger partial charge is 0.416 e. The van der Waals surface area contributed by atoms with Gasteiger partial charge < -0.3 is 9.47 Å². The second kappa shape index (κ2) is 10.4. The Morgan fingerprint density at radius 1 is 1.28 bits per heavy atom. The minimum atomic E-state index is -4.43. The largest absolute Gasteiger partial charge is 0.453 e. The van der Waals surface area contributed by atoms with Crippen LogP contribution < -0.4 is 4.74 Å². The van der Waals surface area contributed by atoms with Gasteiger partial charge in [0.25, 0.3) is 0 Å². The van der Waals surface area contributed by atoms with Crippen LogP contribution in [-0.2, 0) is 10.9 Å². The quantitative estimate of drug-likeness (QED) is 0.277. The van der Waals surface area contributed by atoms with Crippen LogP contribution in [0.15, 0.2) is 36.9 Å². The van der Waals surface area contributed by atoms with Gasteiger partial charge in [0.05, 0.1) is 5.56 Å². The Kier molecular flexibility index (Phi) is 8.97. The van der Waals surface area contributed by atoms with Crippen LogP contribution in [0.25, 0.3) is 0 Å². The monoisotopic (exact) mass is 374 g/mol. The van der Waals surface area contributed by atoms with Crippen molar-refractivity contribution in [2.24, 2.45) is 5.92 Å². The van der Waals surface area contributed by atoms with E-state index in [2.05, 4.69) is 13.5 Å². The first-order chi connectivity index (χ1) is 11.8. The van der Waals surface area contributed by atoms with E-state index in [4.69, 9.17) is 21.7 Å². The average molecular weight is 374 g/mol. The van der Waals surface area contributed by atoms with Crippen LogP contribution in [0.3, 0.4) is 0 Å². The first kappa shape index (κ1) is 21.5. The Bertz CT molecular complexity index is 558. The zero-order valence-corrected chi connectivity index (χ0v) is 15.5. The topological polar surface area (TPSA) is 18.5 Å². The highest BCUT2D eigenvalue weighted by Crippen LogP contribution is 2.31. The predicted octanol–water partition coefficient (Wildman–Crippen LogP) is 6.55. The Hall–Kier alpha value is -1.56. The number of thiocarbonyl (C=S) groups is 1. The molecule has 0 saturated heterocycles. The molecule has 0 aromatic heterocycles. The van der Waals surface area contributed by atoms with Gasteiger partial charge in [-0.15, -0.1) is 6.58 Å². The van der Waals surface area contributed by atoms with Crippen molar-refractivity contribution in [3.63, 3.8) is 0 Å². The van der Waals surface area contributed by atoms with Gasteiger partial charge >= 0.3 is 11.4 Å². The number of rotatable bonds is 9. The van der Waals surface area contributed by atoms with E-state index in [1.54, 1.807) is 6.08 Å². The summed E-state index contributed by atoms with van der Waals surface area (Å²) < 4.78 is 49.2. The molecule has 0 heterocycles. The molecule has 1 aromatic rings. The second-order valence-electron chi connectivity index (χ2n) is 5.98. The molecule has 6 heteroatoms. The summed E-state index contributed by atoms with van der Waals surface area (Å²) in [7, 11) is 0. The molecular weight excluding hydrogens is 349 g/mol. The maximum atomic E-state index is 12.7. The number of halogens is 3. The first-order valence-corrected chi connectivity index (χ1v) is 8.87. The molecule has 0 spiro atoms. The van der Waals surface area contributed by atoms with Gasteiger partial charge in [0.1, 0.15) is 11.9 Å². The molecule has 0 bridgehead atoms. The van der Waals surface area contributed by atoms with Crippen molar-refractivity contribution in [1.29, 1.82) is 0 Å². The lowest BCUT2D eigenvalue weighted by Crippen LogP contribution is -2.26. The number of hydrogen-bond acceptors (Lipinski definition) is 3. The number of hydrogen-bond donors (Lipinski definition) is 0. The van der Waals surface area contributed by atoms with Crippen LogP contribution in [0.2, 0.25) is 0 Å². The van der Waals surface area contributed by atoms with E-state index in [0.717, 1.165) is 44.2 Å². The van der Waals surface area contributed by atoms with Crippen molar-refractivity contribution in [3.8, 4) is 5.75 Å². The molecule has 0 aliphatic carbocycles. The molecule has 25 heavy (non-hydrogen) atoms. The lowest BCUT2D eigenvalue weighted by Gasteiger charge is -2.23. The molecule has 0 fully saturated rings. The third kappa shape index (κ3) is 7.90. The molecule has 1 aromatic carbocycles. The Balaban J connectivity index is 2.66. The van der Waals surface area contributed by atoms with Crippen LogP contribution in [-0.4, -0.2) is 11.3 Å². The molecule has 0 saturated carbocycles. The summed E-state index contributed by atoms with van der Waals surface area (Å²) in [6.45, 7) is 7.87. The molecule has 1 rings (SSSR count). The standard InChI is InChI=1S/C19H25F3O2S/c1-4-6-7-8-12-17(14(3)5-2)24-18(25)23-16-11-9-10-15(13-16)19(20,21)22/h5,9-11,13-14,17H,2,4,6-8,12H2,1,3H3/t14-,17+/m1/s1. The van der Waals surface area contributed by atoms with Gasteiger partial charge in [-0.3, -0.25) is 0 Å². The van der Waals surface area contributed by atoms with E-state index in [1.165, 1.54) is 12.1 Å². The molecule has 0 radical (unpaired) electrons. The zero-order chi connectivity index (χ0) is 18.9. The fourth-order valence-electron chi connectivity index (χ4n) is 2.33. The summed E-state index contributed by atoms with van der Waals surface area (Å²) in [6, 6.07) is 4.57. The van der Waals surface area contributed by atoms with Crippen molar-refractivity contribution in [1.82, 2.24) is 0 Å². The minimum Gasteiger partial charge on any atom is -0.453 e. The minimum absolute atomic E-state index is 0.0100. The van der Waals surface area contributed by atoms with E-state index >= 15 is 0 Å². The third-order valence-corrected chi connectivity index (χ3v) is 4.09. The summed E-state index contributed by atoms with van der Waals surface area (Å²) in [6.07, 6.45) is 2.31. The maximum absolute atomic E-state index is 12.7. The van der Waals surface area contributed by atoms with Gasteiger partial charge in [0.15, 0.2) is 0 Å². The molecule has 0 aliphatic rings. The van der Waals surface area contributed by atoms with E-state index in [0.29, 0.717) is 0 Å². The molecule has 0 aliphatic heterocycles. The van der Waals surface area contributed by atoms with Crippen LogP contribution in [0.4, 0.5) is 13.2 Å². The molecule has 2 nitrogen and oxygen atoms in total. The van der Waals surface area contributed by atoms with E-state index in [-0.39, 0.29) is 23.0 Å². The summed E-state index contributed by atoms with van der Waals surface area (Å²) in [5, 5.41) is -0.173. The number of alkyl halides is 3. The number of benzene rings is 1. The van der Waals surface area contributed by atoms with Crippen LogP contribution >= 0.6 is 12.2 Å². The van der Waals surface area contributed by atoms with Gasteiger partial charge in [-0.05, 0) is 31.0 Å². The summed E-state index contributed by atoms with van der Waals surface area (Å²) in [4.78, 5) is 0. The van der Waals surface area contributed by atoms with Crippen LogP contribution in [0, 0.1) is 5.92 Å². The van der Waals surface area contributed by atoms with Crippen molar-refractivity contribution in [3.05, 3.63) is 42.5 Å². The summed E-state index contributed by atoms with van der Waals surface area (Å²) in [5.74, 6) is 0.0699. The van der Waals surface area contributed by atoms with Crippen LogP contribution in [0.1, 0.15) is 51.5 Å². The predicted molar refractivity (Wildman–Crippen MR) is 97.7 cm³/mol. The SMILES string of the molecule is C=C[C@@H](C)[C@H](CCCCCC)OC(=S)Oc1cccc(C(F)(F)F)c1. The van der Waals surface area contributed by atoms with Crippen molar-refractivity contribution >= 4 is 17.5 Å².